The van der Waals surface area contributed by atoms with E-state index in [2.05, 4.69) is 21.2 Å². The zero-order valence-electron chi connectivity index (χ0n) is 8.43. The summed E-state index contributed by atoms with van der Waals surface area (Å²) in [4.78, 5) is 11.2. The minimum absolute atomic E-state index is 0.190. The van der Waals surface area contributed by atoms with Crippen LogP contribution in [-0.2, 0) is 10.7 Å². The molecule has 0 radical (unpaired) electrons. The van der Waals surface area contributed by atoms with Crippen molar-refractivity contribution in [2.45, 2.75) is 5.92 Å². The molecule has 0 fully saturated rings. The van der Waals surface area contributed by atoms with Gasteiger partial charge in [0.2, 0.25) is 0 Å². The molecular formula is C12H6BrF2NO. The van der Waals surface area contributed by atoms with Crippen LogP contribution in [0.25, 0.3) is 10.8 Å². The van der Waals surface area contributed by atoms with Crippen LogP contribution in [0.2, 0.25) is 0 Å². The molecule has 1 N–H and O–H groups in total. The quantitative estimate of drug-likeness (QED) is 0.790. The molecule has 3 rings (SSSR count). The summed E-state index contributed by atoms with van der Waals surface area (Å²) in [7, 11) is 0. The Balaban J connectivity index is 2.42. The molecule has 0 atom stereocenters. The molecule has 1 amide bonds. The van der Waals surface area contributed by atoms with Gasteiger partial charge in [-0.05, 0) is 29.0 Å². The molecule has 2 aromatic carbocycles. The van der Waals surface area contributed by atoms with Crippen molar-refractivity contribution in [1.82, 2.24) is 0 Å². The predicted molar refractivity (Wildman–Crippen MR) is 64.2 cm³/mol. The van der Waals surface area contributed by atoms with E-state index < -0.39 is 11.8 Å². The third-order valence-corrected chi connectivity index (χ3v) is 3.32. The number of carbonyl (C=O) groups excluding carboxylic acids is 1. The Bertz CT molecular complexity index is 654. The Hall–Kier alpha value is -1.49. The number of fused-ring (bicyclic) bond motifs is 3. The maximum atomic E-state index is 13.7. The van der Waals surface area contributed by atoms with E-state index in [0.29, 0.717) is 10.8 Å². The van der Waals surface area contributed by atoms with Crippen molar-refractivity contribution in [3.8, 4) is 0 Å². The third-order valence-electron chi connectivity index (χ3n) is 2.83. The Kier molecular flexibility index (Phi) is 2.04. The Labute approximate surface area is 104 Å². The largest absolute Gasteiger partial charge is 0.352 e. The van der Waals surface area contributed by atoms with Crippen LogP contribution in [0.5, 0.6) is 0 Å². The van der Waals surface area contributed by atoms with Crippen LogP contribution in [0.1, 0.15) is 5.56 Å². The highest BCUT2D eigenvalue weighted by Crippen LogP contribution is 2.44. The average Bonchev–Trinajstić information content (AvgIpc) is 2.50. The lowest BCUT2D eigenvalue weighted by molar-refractivity contribution is -0.138. The lowest BCUT2D eigenvalue weighted by atomic mass is 10.0. The molecule has 0 spiro atoms. The molecule has 86 valence electrons. The zero-order chi connectivity index (χ0) is 12.2. The fourth-order valence-electron chi connectivity index (χ4n) is 2.06. The fourth-order valence-corrected chi connectivity index (χ4v) is 2.44. The van der Waals surface area contributed by atoms with Crippen molar-refractivity contribution in [3.63, 3.8) is 0 Å². The summed E-state index contributed by atoms with van der Waals surface area (Å²) in [5, 5.41) is 3.27. The Morgan fingerprint density at radius 2 is 1.94 bits per heavy atom. The van der Waals surface area contributed by atoms with Crippen molar-refractivity contribution in [2.75, 3.05) is 5.32 Å². The van der Waals surface area contributed by atoms with Gasteiger partial charge in [-0.1, -0.05) is 28.1 Å². The summed E-state index contributed by atoms with van der Waals surface area (Å²) in [6.45, 7) is 0. The number of benzene rings is 2. The first kappa shape index (κ1) is 10.7. The highest BCUT2D eigenvalue weighted by Gasteiger charge is 2.49. The summed E-state index contributed by atoms with van der Waals surface area (Å²) in [5.41, 5.74) is -0.0395. The second kappa shape index (κ2) is 3.26. The van der Waals surface area contributed by atoms with Crippen molar-refractivity contribution >= 4 is 38.3 Å². The van der Waals surface area contributed by atoms with Crippen LogP contribution in [0.4, 0.5) is 14.5 Å². The fraction of sp³-hybridized carbons (Fsp3) is 0.0833. The molecule has 0 aromatic heterocycles. The van der Waals surface area contributed by atoms with E-state index in [0.717, 1.165) is 4.47 Å². The normalized spacial score (nSPS) is 17.0. The monoisotopic (exact) mass is 297 g/mol. The van der Waals surface area contributed by atoms with Gasteiger partial charge in [0, 0.05) is 4.47 Å². The molecule has 2 aromatic rings. The van der Waals surface area contributed by atoms with Gasteiger partial charge in [-0.15, -0.1) is 0 Å². The molecule has 0 unspecified atom stereocenters. The molecule has 5 heteroatoms. The van der Waals surface area contributed by atoms with E-state index in [9.17, 15) is 13.6 Å². The van der Waals surface area contributed by atoms with Crippen molar-refractivity contribution in [2.24, 2.45) is 0 Å². The van der Waals surface area contributed by atoms with Crippen LogP contribution in [0.3, 0.4) is 0 Å². The van der Waals surface area contributed by atoms with Gasteiger partial charge < -0.3 is 5.32 Å². The minimum atomic E-state index is -3.46. The predicted octanol–water partition coefficient (Wildman–Crippen LogP) is 3.65. The van der Waals surface area contributed by atoms with E-state index in [1.54, 1.807) is 24.3 Å². The summed E-state index contributed by atoms with van der Waals surface area (Å²) in [6, 6.07) is 8.23. The van der Waals surface area contributed by atoms with Gasteiger partial charge in [-0.25, -0.2) is 0 Å². The number of halogens is 3. The van der Waals surface area contributed by atoms with Gasteiger partial charge in [-0.2, -0.15) is 8.78 Å². The number of amides is 1. The number of alkyl halides is 2. The van der Waals surface area contributed by atoms with E-state index in [1.807, 2.05) is 0 Å². The van der Waals surface area contributed by atoms with E-state index in [4.69, 9.17) is 0 Å². The number of carbonyl (C=O) groups is 1. The zero-order valence-corrected chi connectivity index (χ0v) is 10.0. The summed E-state index contributed by atoms with van der Waals surface area (Å²) < 4.78 is 28.3. The average molecular weight is 298 g/mol. The minimum Gasteiger partial charge on any atom is -0.320 e. The van der Waals surface area contributed by atoms with Gasteiger partial charge in [0.25, 0.3) is 5.91 Å². The maximum Gasteiger partial charge on any atom is 0.352 e. The summed E-state index contributed by atoms with van der Waals surface area (Å²) >= 11 is 3.28. The van der Waals surface area contributed by atoms with Gasteiger partial charge >= 0.3 is 5.92 Å². The molecule has 2 nitrogen and oxygen atoms in total. The molecule has 0 saturated heterocycles. The molecule has 1 aliphatic rings. The van der Waals surface area contributed by atoms with Crippen molar-refractivity contribution in [1.29, 1.82) is 0 Å². The van der Waals surface area contributed by atoms with Gasteiger partial charge in [0.05, 0.1) is 11.3 Å². The highest BCUT2D eigenvalue weighted by molar-refractivity contribution is 9.10. The molecule has 0 aliphatic carbocycles. The standard InChI is InChI=1S/C12H6BrF2NO/c13-7-2-3-8-6(5-7)1-4-9-10(8)12(14,15)11(17)16-9/h1-5H,(H,16,17). The first-order chi connectivity index (χ1) is 8.00. The van der Waals surface area contributed by atoms with Gasteiger partial charge in [-0.3, -0.25) is 4.79 Å². The number of hydrogen-bond acceptors (Lipinski definition) is 1. The lowest BCUT2D eigenvalue weighted by Gasteiger charge is -2.10. The molecule has 17 heavy (non-hydrogen) atoms. The van der Waals surface area contributed by atoms with Gasteiger partial charge in [0.15, 0.2) is 0 Å². The van der Waals surface area contributed by atoms with Gasteiger partial charge in [0.1, 0.15) is 0 Å². The topological polar surface area (TPSA) is 29.1 Å². The Morgan fingerprint density at radius 1 is 1.18 bits per heavy atom. The summed E-state index contributed by atoms with van der Waals surface area (Å²) in [5.74, 6) is -4.72. The SMILES string of the molecule is O=C1Nc2ccc3cc(Br)ccc3c2C1(F)F. The van der Waals surface area contributed by atoms with Crippen LogP contribution >= 0.6 is 15.9 Å². The number of nitrogens with one attached hydrogen (secondary N) is 1. The first-order valence-electron chi connectivity index (χ1n) is 4.92. The van der Waals surface area contributed by atoms with E-state index in [-0.39, 0.29) is 11.3 Å². The second-order valence-corrected chi connectivity index (χ2v) is 4.80. The highest BCUT2D eigenvalue weighted by atomic mass is 79.9. The van der Waals surface area contributed by atoms with Crippen LogP contribution < -0.4 is 5.32 Å². The van der Waals surface area contributed by atoms with Crippen LogP contribution in [0, 0.1) is 0 Å². The van der Waals surface area contributed by atoms with E-state index in [1.165, 1.54) is 6.07 Å². The van der Waals surface area contributed by atoms with Crippen LogP contribution in [-0.4, -0.2) is 5.91 Å². The number of rotatable bonds is 0. The maximum absolute atomic E-state index is 13.7. The molecule has 1 aliphatic heterocycles. The molecule has 0 bridgehead atoms. The van der Waals surface area contributed by atoms with Crippen molar-refractivity contribution in [3.05, 3.63) is 40.4 Å². The summed E-state index contributed by atoms with van der Waals surface area (Å²) in [6.07, 6.45) is 0. The van der Waals surface area contributed by atoms with Crippen molar-refractivity contribution < 1.29 is 13.6 Å². The smallest absolute Gasteiger partial charge is 0.320 e. The van der Waals surface area contributed by atoms with Crippen LogP contribution in [0.15, 0.2) is 34.8 Å². The molecule has 0 saturated carbocycles. The lowest BCUT2D eigenvalue weighted by Crippen LogP contribution is -2.23. The molecular weight excluding hydrogens is 292 g/mol. The molecule has 1 heterocycles. The third kappa shape index (κ3) is 1.38. The second-order valence-electron chi connectivity index (χ2n) is 3.88. The van der Waals surface area contributed by atoms with E-state index >= 15 is 0 Å². The number of anilines is 1. The Morgan fingerprint density at radius 3 is 2.71 bits per heavy atom. The number of hydrogen-bond donors (Lipinski definition) is 1. The first-order valence-corrected chi connectivity index (χ1v) is 5.71.